The Morgan fingerprint density at radius 2 is 1.88 bits per heavy atom. The third kappa shape index (κ3) is 4.05. The van der Waals surface area contributed by atoms with Crippen LogP contribution in [0.2, 0.25) is 0 Å². The lowest BCUT2D eigenvalue weighted by Gasteiger charge is -2.10. The van der Waals surface area contributed by atoms with Crippen molar-refractivity contribution < 1.29 is 4.79 Å². The molecule has 88 valence electrons. The maximum absolute atomic E-state index is 11.5. The van der Waals surface area contributed by atoms with Gasteiger partial charge in [-0.1, -0.05) is 45.0 Å². The van der Waals surface area contributed by atoms with E-state index in [2.05, 4.69) is 38.2 Å². The Hall–Kier alpha value is -1.31. The van der Waals surface area contributed by atoms with Crippen molar-refractivity contribution in [1.29, 1.82) is 0 Å². The smallest absolute Gasteiger partial charge is 0.220 e. The molecular weight excluding hydrogens is 198 g/mol. The van der Waals surface area contributed by atoms with Crippen LogP contribution >= 0.6 is 0 Å². The molecule has 0 aromatic heterocycles. The van der Waals surface area contributed by atoms with Gasteiger partial charge >= 0.3 is 0 Å². The maximum Gasteiger partial charge on any atom is 0.220 e. The Morgan fingerprint density at radius 3 is 2.44 bits per heavy atom. The molecule has 1 amide bonds. The molecule has 2 nitrogen and oxygen atoms in total. The van der Waals surface area contributed by atoms with E-state index < -0.39 is 0 Å². The highest BCUT2D eigenvalue weighted by molar-refractivity contribution is 5.76. The third-order valence-electron chi connectivity index (χ3n) is 2.57. The van der Waals surface area contributed by atoms with Crippen molar-refractivity contribution in [2.45, 2.75) is 40.2 Å². The molecule has 0 spiro atoms. The fourth-order valence-corrected chi connectivity index (χ4v) is 1.71. The van der Waals surface area contributed by atoms with Gasteiger partial charge in [0.15, 0.2) is 0 Å². The number of nitrogens with one attached hydrogen (secondary N) is 1. The van der Waals surface area contributed by atoms with Gasteiger partial charge in [0, 0.05) is 13.0 Å². The van der Waals surface area contributed by atoms with Crippen molar-refractivity contribution in [1.82, 2.24) is 5.32 Å². The van der Waals surface area contributed by atoms with Crippen molar-refractivity contribution in [3.8, 4) is 0 Å². The van der Waals surface area contributed by atoms with Crippen LogP contribution in [-0.4, -0.2) is 5.91 Å². The van der Waals surface area contributed by atoms with E-state index in [0.29, 0.717) is 18.9 Å². The monoisotopic (exact) mass is 219 g/mol. The van der Waals surface area contributed by atoms with Crippen LogP contribution in [0.1, 0.15) is 38.3 Å². The first kappa shape index (κ1) is 12.8. The summed E-state index contributed by atoms with van der Waals surface area (Å²) in [7, 11) is 0. The van der Waals surface area contributed by atoms with Crippen LogP contribution < -0.4 is 5.32 Å². The second kappa shape index (κ2) is 6.31. The van der Waals surface area contributed by atoms with Gasteiger partial charge in [0.05, 0.1) is 0 Å². The van der Waals surface area contributed by atoms with Crippen LogP contribution in [0.4, 0.5) is 0 Å². The Balaban J connectivity index is 2.51. The zero-order chi connectivity index (χ0) is 12.0. The number of benzene rings is 1. The summed E-state index contributed by atoms with van der Waals surface area (Å²) in [5, 5.41) is 2.97. The summed E-state index contributed by atoms with van der Waals surface area (Å²) < 4.78 is 0. The van der Waals surface area contributed by atoms with Gasteiger partial charge in [0.2, 0.25) is 5.91 Å². The molecule has 1 N–H and O–H groups in total. The minimum atomic E-state index is 0.140. The molecule has 0 bridgehead atoms. The number of carbonyl (C=O) groups excluding carboxylic acids is 1. The van der Waals surface area contributed by atoms with Crippen molar-refractivity contribution >= 4 is 5.91 Å². The van der Waals surface area contributed by atoms with E-state index in [4.69, 9.17) is 0 Å². The SMILES string of the molecule is CCc1ccccc1CNC(=O)CC(C)C. The fraction of sp³-hybridized carbons (Fsp3) is 0.500. The Labute approximate surface area is 98.1 Å². The first-order valence-corrected chi connectivity index (χ1v) is 5.97. The van der Waals surface area contributed by atoms with E-state index in [9.17, 15) is 4.79 Å². The topological polar surface area (TPSA) is 29.1 Å². The highest BCUT2D eigenvalue weighted by atomic mass is 16.1. The van der Waals surface area contributed by atoms with Gasteiger partial charge < -0.3 is 5.32 Å². The molecule has 0 fully saturated rings. The van der Waals surface area contributed by atoms with Gasteiger partial charge in [-0.15, -0.1) is 0 Å². The summed E-state index contributed by atoms with van der Waals surface area (Å²) in [4.78, 5) is 11.5. The summed E-state index contributed by atoms with van der Waals surface area (Å²) in [6, 6.07) is 8.25. The van der Waals surface area contributed by atoms with Crippen molar-refractivity contribution in [3.63, 3.8) is 0 Å². The molecule has 0 aliphatic rings. The van der Waals surface area contributed by atoms with E-state index in [1.54, 1.807) is 0 Å². The quantitative estimate of drug-likeness (QED) is 0.810. The number of carbonyl (C=O) groups is 1. The summed E-state index contributed by atoms with van der Waals surface area (Å²) in [6.07, 6.45) is 1.62. The molecule has 0 atom stereocenters. The molecule has 0 aliphatic heterocycles. The number of hydrogen-bond acceptors (Lipinski definition) is 1. The maximum atomic E-state index is 11.5. The van der Waals surface area contributed by atoms with Crippen molar-refractivity contribution in [3.05, 3.63) is 35.4 Å². The second-order valence-electron chi connectivity index (χ2n) is 4.50. The van der Waals surface area contributed by atoms with Gasteiger partial charge in [0.1, 0.15) is 0 Å². The molecule has 1 rings (SSSR count). The largest absolute Gasteiger partial charge is 0.352 e. The Morgan fingerprint density at radius 1 is 1.25 bits per heavy atom. The molecular formula is C14H21NO. The van der Waals surface area contributed by atoms with Gasteiger partial charge in [0.25, 0.3) is 0 Å². The molecule has 0 aliphatic carbocycles. The highest BCUT2D eigenvalue weighted by Gasteiger charge is 2.05. The van der Waals surface area contributed by atoms with Gasteiger partial charge in [-0.25, -0.2) is 0 Å². The number of rotatable bonds is 5. The lowest BCUT2D eigenvalue weighted by atomic mass is 10.1. The predicted molar refractivity (Wildman–Crippen MR) is 67.1 cm³/mol. The van der Waals surface area contributed by atoms with Crippen LogP contribution in [0.3, 0.4) is 0 Å². The first-order valence-electron chi connectivity index (χ1n) is 5.97. The molecule has 16 heavy (non-hydrogen) atoms. The normalized spacial score (nSPS) is 10.5. The molecule has 2 heteroatoms. The standard InChI is InChI=1S/C14H21NO/c1-4-12-7-5-6-8-13(12)10-15-14(16)9-11(2)3/h5-8,11H,4,9-10H2,1-3H3,(H,15,16). The zero-order valence-corrected chi connectivity index (χ0v) is 10.4. The van der Waals surface area contributed by atoms with Crippen LogP contribution in [-0.2, 0) is 17.8 Å². The summed E-state index contributed by atoms with van der Waals surface area (Å²) in [5.74, 6) is 0.558. The minimum absolute atomic E-state index is 0.140. The minimum Gasteiger partial charge on any atom is -0.352 e. The van der Waals surface area contributed by atoms with Gasteiger partial charge in [-0.3, -0.25) is 4.79 Å². The van der Waals surface area contributed by atoms with E-state index in [1.165, 1.54) is 11.1 Å². The molecule has 1 aromatic carbocycles. The van der Waals surface area contributed by atoms with E-state index in [1.807, 2.05) is 12.1 Å². The Bertz CT molecular complexity index is 344. The van der Waals surface area contributed by atoms with Crippen LogP contribution in [0.25, 0.3) is 0 Å². The highest BCUT2D eigenvalue weighted by Crippen LogP contribution is 2.09. The summed E-state index contributed by atoms with van der Waals surface area (Å²) >= 11 is 0. The van der Waals surface area contributed by atoms with Gasteiger partial charge in [-0.05, 0) is 23.5 Å². The molecule has 0 saturated carbocycles. The van der Waals surface area contributed by atoms with E-state index >= 15 is 0 Å². The Kier molecular flexibility index (Phi) is 5.03. The molecule has 0 radical (unpaired) electrons. The lowest BCUT2D eigenvalue weighted by Crippen LogP contribution is -2.24. The average molecular weight is 219 g/mol. The van der Waals surface area contributed by atoms with Crippen LogP contribution in [0.5, 0.6) is 0 Å². The van der Waals surface area contributed by atoms with Crippen LogP contribution in [0, 0.1) is 5.92 Å². The second-order valence-corrected chi connectivity index (χ2v) is 4.50. The lowest BCUT2D eigenvalue weighted by molar-refractivity contribution is -0.121. The number of aryl methyl sites for hydroxylation is 1. The molecule has 1 aromatic rings. The molecule has 0 saturated heterocycles. The average Bonchev–Trinajstić information content (AvgIpc) is 2.26. The van der Waals surface area contributed by atoms with E-state index in [0.717, 1.165) is 6.42 Å². The number of amides is 1. The predicted octanol–water partition coefficient (Wildman–Crippen LogP) is 2.91. The van der Waals surface area contributed by atoms with Gasteiger partial charge in [-0.2, -0.15) is 0 Å². The van der Waals surface area contributed by atoms with Crippen molar-refractivity contribution in [2.24, 2.45) is 5.92 Å². The van der Waals surface area contributed by atoms with E-state index in [-0.39, 0.29) is 5.91 Å². The molecule has 0 heterocycles. The first-order chi connectivity index (χ1) is 7.63. The number of hydrogen-bond donors (Lipinski definition) is 1. The zero-order valence-electron chi connectivity index (χ0n) is 10.4. The fourth-order valence-electron chi connectivity index (χ4n) is 1.71. The van der Waals surface area contributed by atoms with Crippen molar-refractivity contribution in [2.75, 3.05) is 0 Å². The summed E-state index contributed by atoms with van der Waals surface area (Å²) in [5.41, 5.74) is 2.54. The van der Waals surface area contributed by atoms with Crippen LogP contribution in [0.15, 0.2) is 24.3 Å². The molecule has 0 unspecified atom stereocenters. The third-order valence-corrected chi connectivity index (χ3v) is 2.57. The summed E-state index contributed by atoms with van der Waals surface area (Å²) in [6.45, 7) is 6.89.